The third-order valence-corrected chi connectivity index (χ3v) is 7.10. The highest BCUT2D eigenvalue weighted by atomic mass is 32.2. The zero-order valence-electron chi connectivity index (χ0n) is 14.4. The maximum atomic E-state index is 12.5. The van der Waals surface area contributed by atoms with Crippen molar-refractivity contribution in [2.45, 2.75) is 31.7 Å². The summed E-state index contributed by atoms with van der Waals surface area (Å²) in [5.74, 6) is -1.00. The number of sulfonamides is 1. The summed E-state index contributed by atoms with van der Waals surface area (Å²) in [5.41, 5.74) is 0. The minimum Gasteiger partial charge on any atom is -0.493 e. The Balaban J connectivity index is 2.88. The highest BCUT2D eigenvalue weighted by Gasteiger charge is 2.28. The van der Waals surface area contributed by atoms with Gasteiger partial charge in [-0.25, -0.2) is 16.8 Å². The Hall–Kier alpha value is -1.65. The molecule has 142 valence electrons. The number of carboxylic acid groups (broad SMARTS) is 1. The molecular formula is C15H23NO7S2. The quantitative estimate of drug-likeness (QED) is 0.629. The standard InChI is InChI=1S/C15H23NO7S2/c1-4-24(19,20)10-9-23-13-5-7-14(8-6-13)25(21,22)16(12(2)3)11-15(17)18/h5-8,12H,4,9-11H2,1-3H3,(H,17,18). The number of hydrogen-bond donors (Lipinski definition) is 1. The van der Waals surface area contributed by atoms with E-state index in [2.05, 4.69) is 0 Å². The zero-order chi connectivity index (χ0) is 19.3. The van der Waals surface area contributed by atoms with Gasteiger partial charge in [0.15, 0.2) is 9.84 Å². The molecule has 0 unspecified atom stereocenters. The Morgan fingerprint density at radius 1 is 1.16 bits per heavy atom. The highest BCUT2D eigenvalue weighted by molar-refractivity contribution is 7.91. The van der Waals surface area contributed by atoms with Crippen LogP contribution in [0.5, 0.6) is 5.75 Å². The molecule has 0 bridgehead atoms. The second-order valence-corrected chi connectivity index (χ2v) is 9.96. The third-order valence-electron chi connectivity index (χ3n) is 3.40. The number of hydrogen-bond acceptors (Lipinski definition) is 6. The van der Waals surface area contributed by atoms with Gasteiger partial charge in [0.2, 0.25) is 10.0 Å². The van der Waals surface area contributed by atoms with Crippen molar-refractivity contribution >= 4 is 25.8 Å². The van der Waals surface area contributed by atoms with Gasteiger partial charge in [-0.3, -0.25) is 4.79 Å². The molecule has 1 N–H and O–H groups in total. The van der Waals surface area contributed by atoms with Crippen LogP contribution in [0.1, 0.15) is 20.8 Å². The Morgan fingerprint density at radius 2 is 1.72 bits per heavy atom. The van der Waals surface area contributed by atoms with Crippen LogP contribution in [0.4, 0.5) is 0 Å². The lowest BCUT2D eigenvalue weighted by Gasteiger charge is -2.24. The van der Waals surface area contributed by atoms with E-state index in [1.165, 1.54) is 24.3 Å². The number of carbonyl (C=O) groups is 1. The van der Waals surface area contributed by atoms with Crippen LogP contribution in [-0.4, -0.2) is 62.9 Å². The summed E-state index contributed by atoms with van der Waals surface area (Å²) in [5, 5.41) is 8.90. The number of ether oxygens (including phenoxy) is 1. The molecule has 10 heteroatoms. The predicted molar refractivity (Wildman–Crippen MR) is 92.9 cm³/mol. The topological polar surface area (TPSA) is 118 Å². The number of benzene rings is 1. The van der Waals surface area contributed by atoms with Crippen LogP contribution in [0.2, 0.25) is 0 Å². The molecule has 0 aromatic heterocycles. The molecule has 8 nitrogen and oxygen atoms in total. The summed E-state index contributed by atoms with van der Waals surface area (Å²) in [6.45, 7) is 4.07. The first-order valence-electron chi connectivity index (χ1n) is 7.66. The number of sulfone groups is 1. The number of nitrogens with zero attached hydrogens (tertiary/aromatic N) is 1. The van der Waals surface area contributed by atoms with Gasteiger partial charge in [0, 0.05) is 11.8 Å². The van der Waals surface area contributed by atoms with Gasteiger partial charge in [-0.2, -0.15) is 4.31 Å². The van der Waals surface area contributed by atoms with E-state index >= 15 is 0 Å². The van der Waals surface area contributed by atoms with Crippen molar-refractivity contribution in [3.8, 4) is 5.75 Å². The number of rotatable bonds is 10. The lowest BCUT2D eigenvalue weighted by Crippen LogP contribution is -2.40. The number of carboxylic acids is 1. The van der Waals surface area contributed by atoms with Crippen LogP contribution in [0.15, 0.2) is 29.2 Å². The smallest absolute Gasteiger partial charge is 0.318 e. The molecule has 1 aromatic carbocycles. The first-order chi connectivity index (χ1) is 11.5. The van der Waals surface area contributed by atoms with Crippen LogP contribution < -0.4 is 4.74 Å². The van der Waals surface area contributed by atoms with Crippen molar-refractivity contribution in [1.29, 1.82) is 0 Å². The third kappa shape index (κ3) is 6.29. The second-order valence-electron chi connectivity index (χ2n) is 5.59. The Kier molecular flexibility index (Phi) is 7.39. The van der Waals surface area contributed by atoms with E-state index in [9.17, 15) is 21.6 Å². The van der Waals surface area contributed by atoms with Crippen LogP contribution in [-0.2, 0) is 24.7 Å². The van der Waals surface area contributed by atoms with Gasteiger partial charge in [0.25, 0.3) is 0 Å². The van der Waals surface area contributed by atoms with Crippen molar-refractivity contribution in [2.24, 2.45) is 0 Å². The van der Waals surface area contributed by atoms with Crippen molar-refractivity contribution in [3.63, 3.8) is 0 Å². The van der Waals surface area contributed by atoms with Crippen LogP contribution in [0.25, 0.3) is 0 Å². The summed E-state index contributed by atoms with van der Waals surface area (Å²) in [6.07, 6.45) is 0. The maximum Gasteiger partial charge on any atom is 0.318 e. The average Bonchev–Trinajstić information content (AvgIpc) is 2.52. The van der Waals surface area contributed by atoms with Gasteiger partial charge < -0.3 is 9.84 Å². The minimum absolute atomic E-state index is 0.0284. The Bertz CT molecular complexity index is 784. The summed E-state index contributed by atoms with van der Waals surface area (Å²) >= 11 is 0. The fourth-order valence-corrected chi connectivity index (χ4v) is 4.16. The molecule has 25 heavy (non-hydrogen) atoms. The van der Waals surface area contributed by atoms with Gasteiger partial charge in [0.1, 0.15) is 18.9 Å². The molecule has 0 aliphatic carbocycles. The molecule has 0 fully saturated rings. The van der Waals surface area contributed by atoms with E-state index in [-0.39, 0.29) is 23.0 Å². The van der Waals surface area contributed by atoms with Crippen LogP contribution in [0.3, 0.4) is 0 Å². The zero-order valence-corrected chi connectivity index (χ0v) is 16.0. The van der Waals surface area contributed by atoms with Gasteiger partial charge in [-0.05, 0) is 38.1 Å². The van der Waals surface area contributed by atoms with E-state index < -0.39 is 38.4 Å². The van der Waals surface area contributed by atoms with Crippen molar-refractivity contribution in [3.05, 3.63) is 24.3 Å². The normalized spacial score (nSPS) is 12.5. The molecule has 0 saturated carbocycles. The maximum absolute atomic E-state index is 12.5. The first-order valence-corrected chi connectivity index (χ1v) is 10.9. The van der Waals surface area contributed by atoms with E-state index in [0.717, 1.165) is 4.31 Å². The van der Waals surface area contributed by atoms with Gasteiger partial charge in [-0.15, -0.1) is 0 Å². The Labute approximate surface area is 148 Å². The highest BCUT2D eigenvalue weighted by Crippen LogP contribution is 2.21. The van der Waals surface area contributed by atoms with E-state index in [1.54, 1.807) is 20.8 Å². The SMILES string of the molecule is CCS(=O)(=O)CCOc1ccc(S(=O)(=O)N(CC(=O)O)C(C)C)cc1. The fourth-order valence-electron chi connectivity index (χ4n) is 1.95. The summed E-state index contributed by atoms with van der Waals surface area (Å²) < 4.78 is 54.1. The molecule has 0 aliphatic heterocycles. The second kappa shape index (κ2) is 8.63. The first kappa shape index (κ1) is 21.4. The van der Waals surface area contributed by atoms with Crippen molar-refractivity contribution in [2.75, 3.05) is 24.7 Å². The van der Waals surface area contributed by atoms with Gasteiger partial charge in [0.05, 0.1) is 10.6 Å². The molecule has 0 spiro atoms. The van der Waals surface area contributed by atoms with Gasteiger partial charge in [-0.1, -0.05) is 6.92 Å². The molecule has 0 saturated heterocycles. The largest absolute Gasteiger partial charge is 0.493 e. The minimum atomic E-state index is -3.96. The van der Waals surface area contributed by atoms with Crippen LogP contribution >= 0.6 is 0 Å². The molecule has 0 heterocycles. The summed E-state index contributed by atoms with van der Waals surface area (Å²) in [6, 6.07) is 4.90. The van der Waals surface area contributed by atoms with Crippen molar-refractivity contribution in [1.82, 2.24) is 4.31 Å². The van der Waals surface area contributed by atoms with Gasteiger partial charge >= 0.3 is 5.97 Å². The molecule has 0 aliphatic rings. The molecule has 0 atom stereocenters. The number of aliphatic carboxylic acids is 1. The predicted octanol–water partition coefficient (Wildman–Crippen LogP) is 0.984. The average molecular weight is 393 g/mol. The summed E-state index contributed by atoms with van der Waals surface area (Å²) in [4.78, 5) is 10.8. The lowest BCUT2D eigenvalue weighted by molar-refractivity contribution is -0.137. The molecule has 1 aromatic rings. The fraction of sp³-hybridized carbons (Fsp3) is 0.533. The van der Waals surface area contributed by atoms with Crippen LogP contribution in [0, 0.1) is 0 Å². The van der Waals surface area contributed by atoms with E-state index in [1.807, 2.05) is 0 Å². The van der Waals surface area contributed by atoms with Crippen molar-refractivity contribution < 1.29 is 31.5 Å². The Morgan fingerprint density at radius 3 is 2.16 bits per heavy atom. The lowest BCUT2D eigenvalue weighted by atomic mass is 10.3. The molecule has 0 radical (unpaired) electrons. The van der Waals surface area contributed by atoms with E-state index in [0.29, 0.717) is 5.75 Å². The molecule has 1 rings (SSSR count). The monoisotopic (exact) mass is 393 g/mol. The molecule has 0 amide bonds. The van der Waals surface area contributed by atoms with E-state index in [4.69, 9.17) is 9.84 Å². The summed E-state index contributed by atoms with van der Waals surface area (Å²) in [7, 11) is -7.10. The molecular weight excluding hydrogens is 370 g/mol.